The van der Waals surface area contributed by atoms with Gasteiger partial charge >= 0.3 is 0 Å². The number of benzene rings is 1. The van der Waals surface area contributed by atoms with Crippen molar-refractivity contribution >= 4 is 16.8 Å². The highest BCUT2D eigenvalue weighted by Crippen LogP contribution is 2.02. The van der Waals surface area contributed by atoms with Crippen LogP contribution in [0.2, 0.25) is 0 Å². The maximum Gasteiger partial charge on any atom is 0.191 e. The largest absolute Gasteiger partial charge is 0.357 e. The molecule has 1 atom stereocenters. The topological polar surface area (TPSA) is 71.3 Å². The first-order valence-electron chi connectivity index (χ1n) is 8.07. The summed E-state index contributed by atoms with van der Waals surface area (Å²) >= 11 is 0. The van der Waals surface area contributed by atoms with Crippen LogP contribution in [0, 0.1) is 0 Å². The molecule has 0 saturated carbocycles. The summed E-state index contributed by atoms with van der Waals surface area (Å²) < 4.78 is 13.9. The van der Waals surface area contributed by atoms with Gasteiger partial charge < -0.3 is 10.6 Å². The zero-order valence-corrected chi connectivity index (χ0v) is 15.1. The molecule has 1 unspecified atom stereocenters. The van der Waals surface area contributed by atoms with Crippen molar-refractivity contribution in [2.75, 3.05) is 18.8 Å². The van der Waals surface area contributed by atoms with E-state index < -0.39 is 10.8 Å². The monoisotopic (exact) mass is 347 g/mol. The SMILES string of the molecule is CCNC(=NCc1ccnn1C)NCCS(=O)Cc1ccccc1. The molecule has 2 rings (SSSR count). The maximum absolute atomic E-state index is 12.1. The van der Waals surface area contributed by atoms with E-state index in [-0.39, 0.29) is 0 Å². The van der Waals surface area contributed by atoms with Gasteiger partial charge in [-0.15, -0.1) is 0 Å². The summed E-state index contributed by atoms with van der Waals surface area (Å²) in [5.74, 6) is 1.91. The molecule has 0 bridgehead atoms. The Labute approximate surface area is 145 Å². The van der Waals surface area contributed by atoms with Crippen molar-refractivity contribution < 1.29 is 4.21 Å². The van der Waals surface area contributed by atoms with Gasteiger partial charge in [-0.2, -0.15) is 5.10 Å². The Morgan fingerprint density at radius 3 is 2.71 bits per heavy atom. The smallest absolute Gasteiger partial charge is 0.191 e. The number of hydrogen-bond acceptors (Lipinski definition) is 3. The van der Waals surface area contributed by atoms with Crippen molar-refractivity contribution in [2.45, 2.75) is 19.2 Å². The molecule has 0 fully saturated rings. The second-order valence-corrected chi connectivity index (χ2v) is 6.92. The Morgan fingerprint density at radius 2 is 2.04 bits per heavy atom. The number of nitrogens with one attached hydrogen (secondary N) is 2. The molecule has 2 aromatic rings. The number of aromatic nitrogens is 2. The second-order valence-electron chi connectivity index (χ2n) is 5.34. The third-order valence-electron chi connectivity index (χ3n) is 3.46. The van der Waals surface area contributed by atoms with Gasteiger partial charge in [0.15, 0.2) is 5.96 Å². The van der Waals surface area contributed by atoms with E-state index in [4.69, 9.17) is 0 Å². The van der Waals surface area contributed by atoms with Crippen LogP contribution in [0.15, 0.2) is 47.6 Å². The maximum atomic E-state index is 12.1. The zero-order valence-electron chi connectivity index (χ0n) is 14.2. The third kappa shape index (κ3) is 6.16. The van der Waals surface area contributed by atoms with Gasteiger partial charge in [0.2, 0.25) is 0 Å². The standard InChI is InChI=1S/C17H25N5OS/c1-3-18-17(20-13-16-9-10-21-22(16)2)19-11-12-24(23)14-15-7-5-4-6-8-15/h4-10H,3,11-14H2,1-2H3,(H2,18,19,20). The van der Waals surface area contributed by atoms with Crippen LogP contribution in [0.4, 0.5) is 0 Å². The van der Waals surface area contributed by atoms with Crippen LogP contribution in [0.5, 0.6) is 0 Å². The van der Waals surface area contributed by atoms with Gasteiger partial charge in [0, 0.05) is 48.6 Å². The van der Waals surface area contributed by atoms with E-state index in [0.29, 0.717) is 24.6 Å². The van der Waals surface area contributed by atoms with Gasteiger partial charge in [0.05, 0.1) is 12.2 Å². The van der Waals surface area contributed by atoms with Gasteiger partial charge in [-0.1, -0.05) is 30.3 Å². The minimum atomic E-state index is -0.888. The minimum absolute atomic E-state index is 0.555. The molecule has 0 aliphatic heterocycles. The first kappa shape index (κ1) is 18.2. The van der Waals surface area contributed by atoms with Crippen LogP contribution in [0.1, 0.15) is 18.2 Å². The third-order valence-corrected chi connectivity index (χ3v) is 4.77. The Bertz CT molecular complexity index is 669. The molecule has 1 heterocycles. The first-order valence-corrected chi connectivity index (χ1v) is 9.55. The molecule has 6 nitrogen and oxygen atoms in total. The lowest BCUT2D eigenvalue weighted by Gasteiger charge is -2.11. The number of hydrogen-bond donors (Lipinski definition) is 2. The Balaban J connectivity index is 1.78. The number of nitrogens with zero attached hydrogens (tertiary/aromatic N) is 3. The number of guanidine groups is 1. The average Bonchev–Trinajstić information content (AvgIpc) is 2.98. The number of aliphatic imine (C=N–C) groups is 1. The van der Waals surface area contributed by atoms with Crippen molar-refractivity contribution in [1.29, 1.82) is 0 Å². The summed E-state index contributed by atoms with van der Waals surface area (Å²) in [5, 5.41) is 10.6. The van der Waals surface area contributed by atoms with Gasteiger partial charge in [0.25, 0.3) is 0 Å². The number of rotatable bonds is 8. The molecule has 0 spiro atoms. The van der Waals surface area contributed by atoms with Crippen molar-refractivity contribution in [2.24, 2.45) is 12.0 Å². The molecule has 24 heavy (non-hydrogen) atoms. The molecule has 130 valence electrons. The predicted molar refractivity (Wildman–Crippen MR) is 99.2 cm³/mol. The summed E-state index contributed by atoms with van der Waals surface area (Å²) in [6.07, 6.45) is 1.76. The van der Waals surface area contributed by atoms with Crippen molar-refractivity contribution in [1.82, 2.24) is 20.4 Å². The first-order chi connectivity index (χ1) is 11.7. The summed E-state index contributed by atoms with van der Waals surface area (Å²) in [4.78, 5) is 4.53. The molecule has 0 aliphatic carbocycles. The van der Waals surface area contributed by atoms with Crippen LogP contribution in [-0.2, 0) is 30.1 Å². The van der Waals surface area contributed by atoms with Crippen LogP contribution >= 0.6 is 0 Å². The fraction of sp³-hybridized carbons (Fsp3) is 0.412. The van der Waals surface area contributed by atoms with E-state index >= 15 is 0 Å². The van der Waals surface area contributed by atoms with Gasteiger partial charge in [-0.05, 0) is 18.6 Å². The summed E-state index contributed by atoms with van der Waals surface area (Å²) in [6.45, 7) is 3.98. The molecule has 0 saturated heterocycles. The van der Waals surface area contributed by atoms with E-state index in [9.17, 15) is 4.21 Å². The van der Waals surface area contributed by atoms with Crippen LogP contribution < -0.4 is 10.6 Å². The molecule has 7 heteroatoms. The van der Waals surface area contributed by atoms with Crippen LogP contribution in [-0.4, -0.2) is 38.8 Å². The highest BCUT2D eigenvalue weighted by molar-refractivity contribution is 7.84. The molecule has 0 radical (unpaired) electrons. The van der Waals surface area contributed by atoms with E-state index in [1.165, 1.54) is 0 Å². The Kier molecular flexibility index (Phi) is 7.48. The van der Waals surface area contributed by atoms with E-state index in [0.717, 1.165) is 23.8 Å². The molecule has 1 aromatic heterocycles. The lowest BCUT2D eigenvalue weighted by Crippen LogP contribution is -2.39. The Morgan fingerprint density at radius 1 is 1.25 bits per heavy atom. The van der Waals surface area contributed by atoms with E-state index in [1.54, 1.807) is 6.20 Å². The van der Waals surface area contributed by atoms with E-state index in [1.807, 2.05) is 55.1 Å². The summed E-state index contributed by atoms with van der Waals surface area (Å²) in [5.41, 5.74) is 2.15. The predicted octanol–water partition coefficient (Wildman–Crippen LogP) is 1.42. The second kappa shape index (κ2) is 9.87. The molecular formula is C17H25N5OS. The van der Waals surface area contributed by atoms with Gasteiger partial charge in [-0.25, -0.2) is 4.99 Å². The van der Waals surface area contributed by atoms with Crippen LogP contribution in [0.3, 0.4) is 0 Å². The summed E-state index contributed by atoms with van der Waals surface area (Å²) in [7, 11) is 1.01. The quantitative estimate of drug-likeness (QED) is 0.560. The molecular weight excluding hydrogens is 322 g/mol. The van der Waals surface area contributed by atoms with Crippen LogP contribution in [0.25, 0.3) is 0 Å². The fourth-order valence-electron chi connectivity index (χ4n) is 2.17. The fourth-order valence-corrected chi connectivity index (χ4v) is 3.21. The molecule has 0 aliphatic rings. The normalized spacial score (nSPS) is 12.8. The lowest BCUT2D eigenvalue weighted by atomic mass is 10.2. The summed E-state index contributed by atoms with van der Waals surface area (Å²) in [6, 6.07) is 11.9. The van der Waals surface area contributed by atoms with Gasteiger partial charge in [-0.3, -0.25) is 8.89 Å². The van der Waals surface area contributed by atoms with Gasteiger partial charge in [0.1, 0.15) is 0 Å². The lowest BCUT2D eigenvalue weighted by molar-refractivity contribution is 0.680. The highest BCUT2D eigenvalue weighted by atomic mass is 32.2. The number of aryl methyl sites for hydroxylation is 1. The average molecular weight is 347 g/mol. The van der Waals surface area contributed by atoms with Crippen molar-refractivity contribution in [3.63, 3.8) is 0 Å². The molecule has 2 N–H and O–H groups in total. The molecule has 0 amide bonds. The van der Waals surface area contributed by atoms with Crippen molar-refractivity contribution in [3.05, 3.63) is 53.9 Å². The molecule has 1 aromatic carbocycles. The van der Waals surface area contributed by atoms with E-state index in [2.05, 4.69) is 20.7 Å². The minimum Gasteiger partial charge on any atom is -0.357 e. The zero-order chi connectivity index (χ0) is 17.2. The highest BCUT2D eigenvalue weighted by Gasteiger charge is 2.04. The Hall–Kier alpha value is -2.15. The van der Waals surface area contributed by atoms with Crippen molar-refractivity contribution in [3.8, 4) is 0 Å².